The first-order valence-corrected chi connectivity index (χ1v) is 6.45. The molecular formula is C13H23N3. The molecule has 3 atom stereocenters. The van der Waals surface area contributed by atoms with Crippen LogP contribution in [-0.4, -0.2) is 22.4 Å². The highest BCUT2D eigenvalue weighted by Gasteiger charge is 2.34. The normalized spacial score (nSPS) is 29.8. The molecule has 16 heavy (non-hydrogen) atoms. The Hall–Kier alpha value is -0.830. The summed E-state index contributed by atoms with van der Waals surface area (Å²) in [5.41, 5.74) is 1.40. The van der Waals surface area contributed by atoms with Gasteiger partial charge in [0.1, 0.15) is 0 Å². The van der Waals surface area contributed by atoms with Crippen LogP contribution in [0.5, 0.6) is 0 Å². The van der Waals surface area contributed by atoms with Crippen LogP contribution in [0.2, 0.25) is 0 Å². The molecule has 3 nitrogen and oxygen atoms in total. The zero-order chi connectivity index (χ0) is 11.5. The van der Waals surface area contributed by atoms with Gasteiger partial charge in [0.15, 0.2) is 0 Å². The van der Waals surface area contributed by atoms with Gasteiger partial charge >= 0.3 is 0 Å². The van der Waals surface area contributed by atoms with Crippen molar-refractivity contribution in [1.29, 1.82) is 0 Å². The molecule has 1 saturated carbocycles. The van der Waals surface area contributed by atoms with Crippen molar-refractivity contribution in [3.05, 3.63) is 18.0 Å². The summed E-state index contributed by atoms with van der Waals surface area (Å²) in [6.45, 7) is 5.75. The van der Waals surface area contributed by atoms with E-state index in [1.54, 1.807) is 0 Å². The number of nitrogens with zero attached hydrogens (tertiary/aromatic N) is 2. The molecule has 1 aromatic rings. The molecular weight excluding hydrogens is 198 g/mol. The van der Waals surface area contributed by atoms with E-state index in [0.29, 0.717) is 12.0 Å². The van der Waals surface area contributed by atoms with Crippen molar-refractivity contribution in [3.8, 4) is 0 Å². The van der Waals surface area contributed by atoms with Crippen LogP contribution in [0.25, 0.3) is 0 Å². The van der Waals surface area contributed by atoms with Crippen molar-refractivity contribution in [2.45, 2.75) is 45.1 Å². The fourth-order valence-corrected chi connectivity index (χ4v) is 2.95. The van der Waals surface area contributed by atoms with Crippen molar-refractivity contribution in [2.75, 3.05) is 6.54 Å². The van der Waals surface area contributed by atoms with E-state index in [0.717, 1.165) is 12.5 Å². The highest BCUT2D eigenvalue weighted by atomic mass is 15.3. The lowest BCUT2D eigenvalue weighted by Crippen LogP contribution is -2.33. The number of nitrogens with one attached hydrogen (secondary N) is 1. The van der Waals surface area contributed by atoms with Crippen LogP contribution in [0.1, 0.15) is 44.7 Å². The molecule has 0 aromatic carbocycles. The van der Waals surface area contributed by atoms with Crippen LogP contribution in [0.15, 0.2) is 12.3 Å². The summed E-state index contributed by atoms with van der Waals surface area (Å²) in [5.74, 6) is 1.41. The zero-order valence-corrected chi connectivity index (χ0v) is 10.6. The quantitative estimate of drug-likeness (QED) is 0.845. The van der Waals surface area contributed by atoms with Crippen LogP contribution in [-0.2, 0) is 7.05 Å². The Labute approximate surface area is 98.2 Å². The number of hydrogen-bond acceptors (Lipinski definition) is 2. The molecule has 1 aliphatic rings. The maximum absolute atomic E-state index is 4.28. The Morgan fingerprint density at radius 3 is 2.94 bits per heavy atom. The molecule has 1 aliphatic carbocycles. The second-order valence-electron chi connectivity index (χ2n) is 4.98. The highest BCUT2D eigenvalue weighted by Crippen LogP contribution is 2.39. The minimum absolute atomic E-state index is 0.682. The van der Waals surface area contributed by atoms with E-state index in [1.165, 1.54) is 25.0 Å². The van der Waals surface area contributed by atoms with Crippen molar-refractivity contribution >= 4 is 0 Å². The molecule has 0 saturated heterocycles. The van der Waals surface area contributed by atoms with E-state index < -0.39 is 0 Å². The van der Waals surface area contributed by atoms with Crippen molar-refractivity contribution < 1.29 is 0 Å². The molecule has 90 valence electrons. The topological polar surface area (TPSA) is 29.9 Å². The van der Waals surface area contributed by atoms with Crippen LogP contribution >= 0.6 is 0 Å². The number of aromatic nitrogens is 2. The Morgan fingerprint density at radius 2 is 2.31 bits per heavy atom. The molecule has 0 aliphatic heterocycles. The summed E-state index contributed by atoms with van der Waals surface area (Å²) in [6.07, 6.45) is 5.73. The molecule has 3 heteroatoms. The van der Waals surface area contributed by atoms with E-state index >= 15 is 0 Å². The second kappa shape index (κ2) is 5.00. The number of rotatable bonds is 4. The van der Waals surface area contributed by atoms with Gasteiger partial charge in [-0.3, -0.25) is 4.68 Å². The summed E-state index contributed by atoms with van der Waals surface area (Å²) in [4.78, 5) is 0. The van der Waals surface area contributed by atoms with Crippen LogP contribution in [0.3, 0.4) is 0 Å². The molecule has 1 fully saturated rings. The molecule has 1 N–H and O–H groups in total. The van der Waals surface area contributed by atoms with Gasteiger partial charge in [0, 0.05) is 30.9 Å². The van der Waals surface area contributed by atoms with Gasteiger partial charge in [0.25, 0.3) is 0 Å². The number of aryl methyl sites for hydroxylation is 1. The Morgan fingerprint density at radius 1 is 1.50 bits per heavy atom. The first-order valence-electron chi connectivity index (χ1n) is 6.45. The SMILES string of the molecule is CCCNC1CCC(c2ccnn2C)C1C. The lowest BCUT2D eigenvalue weighted by molar-refractivity contribution is 0.396. The molecule has 0 amide bonds. The van der Waals surface area contributed by atoms with Gasteiger partial charge in [-0.05, 0) is 37.8 Å². The minimum atomic E-state index is 0.682. The first kappa shape index (κ1) is 11.6. The van der Waals surface area contributed by atoms with Crippen molar-refractivity contribution in [3.63, 3.8) is 0 Å². The van der Waals surface area contributed by atoms with Gasteiger partial charge in [0.2, 0.25) is 0 Å². The minimum Gasteiger partial charge on any atom is -0.314 e. The largest absolute Gasteiger partial charge is 0.314 e. The average molecular weight is 221 g/mol. The Balaban J connectivity index is 2.02. The fourth-order valence-electron chi connectivity index (χ4n) is 2.95. The summed E-state index contributed by atoms with van der Waals surface area (Å²) in [5, 5.41) is 7.94. The Kier molecular flexibility index (Phi) is 3.64. The average Bonchev–Trinajstić information content (AvgIpc) is 2.83. The zero-order valence-electron chi connectivity index (χ0n) is 10.6. The summed E-state index contributed by atoms with van der Waals surface area (Å²) in [7, 11) is 2.05. The van der Waals surface area contributed by atoms with E-state index in [9.17, 15) is 0 Å². The van der Waals surface area contributed by atoms with E-state index in [2.05, 4.69) is 37.4 Å². The molecule has 0 bridgehead atoms. The predicted octanol–water partition coefficient (Wildman–Crippen LogP) is 2.30. The van der Waals surface area contributed by atoms with Gasteiger partial charge in [-0.2, -0.15) is 5.10 Å². The van der Waals surface area contributed by atoms with E-state index in [4.69, 9.17) is 0 Å². The van der Waals surface area contributed by atoms with Gasteiger partial charge in [-0.25, -0.2) is 0 Å². The van der Waals surface area contributed by atoms with E-state index in [1.807, 2.05) is 10.9 Å². The highest BCUT2D eigenvalue weighted by molar-refractivity contribution is 5.12. The van der Waals surface area contributed by atoms with Crippen molar-refractivity contribution in [1.82, 2.24) is 15.1 Å². The molecule has 0 spiro atoms. The van der Waals surface area contributed by atoms with Gasteiger partial charge in [0.05, 0.1) is 0 Å². The van der Waals surface area contributed by atoms with Gasteiger partial charge in [-0.1, -0.05) is 13.8 Å². The molecule has 1 heterocycles. The van der Waals surface area contributed by atoms with Crippen LogP contribution in [0.4, 0.5) is 0 Å². The maximum atomic E-state index is 4.28. The molecule has 2 rings (SSSR count). The first-order chi connectivity index (χ1) is 7.74. The lowest BCUT2D eigenvalue weighted by Gasteiger charge is -2.21. The molecule has 3 unspecified atom stereocenters. The monoisotopic (exact) mass is 221 g/mol. The second-order valence-corrected chi connectivity index (χ2v) is 4.98. The molecule has 1 aromatic heterocycles. The van der Waals surface area contributed by atoms with Crippen LogP contribution < -0.4 is 5.32 Å². The van der Waals surface area contributed by atoms with Crippen molar-refractivity contribution in [2.24, 2.45) is 13.0 Å². The fraction of sp³-hybridized carbons (Fsp3) is 0.769. The molecule has 0 radical (unpaired) electrons. The number of hydrogen-bond donors (Lipinski definition) is 1. The standard InChI is InChI=1S/C13H23N3/c1-4-8-14-12-6-5-11(10(12)2)13-7-9-15-16(13)3/h7,9-12,14H,4-6,8H2,1-3H3. The van der Waals surface area contributed by atoms with Gasteiger partial charge < -0.3 is 5.32 Å². The maximum Gasteiger partial charge on any atom is 0.0492 e. The summed E-state index contributed by atoms with van der Waals surface area (Å²) < 4.78 is 2.03. The van der Waals surface area contributed by atoms with E-state index in [-0.39, 0.29) is 0 Å². The summed E-state index contributed by atoms with van der Waals surface area (Å²) in [6, 6.07) is 2.86. The summed E-state index contributed by atoms with van der Waals surface area (Å²) >= 11 is 0. The third kappa shape index (κ3) is 2.14. The third-order valence-electron chi connectivity index (χ3n) is 3.95. The Bertz CT molecular complexity index is 332. The van der Waals surface area contributed by atoms with Crippen LogP contribution in [0, 0.1) is 5.92 Å². The third-order valence-corrected chi connectivity index (χ3v) is 3.95. The predicted molar refractivity (Wildman–Crippen MR) is 66.4 cm³/mol. The smallest absolute Gasteiger partial charge is 0.0492 e. The van der Waals surface area contributed by atoms with Gasteiger partial charge in [-0.15, -0.1) is 0 Å². The lowest BCUT2D eigenvalue weighted by atomic mass is 9.92.